The molecule has 2 rings (SSSR count). The Morgan fingerprint density at radius 2 is 2.19 bits per heavy atom. The maximum atomic E-state index is 13.4. The first-order chi connectivity index (χ1) is 9.95. The van der Waals surface area contributed by atoms with Gasteiger partial charge in [-0.3, -0.25) is 0 Å². The Morgan fingerprint density at radius 3 is 2.81 bits per heavy atom. The van der Waals surface area contributed by atoms with Gasteiger partial charge < -0.3 is 10.5 Å². The minimum absolute atomic E-state index is 0.0371. The molecule has 2 N–H and O–H groups in total. The van der Waals surface area contributed by atoms with Crippen molar-refractivity contribution in [3.63, 3.8) is 0 Å². The molecule has 1 aromatic rings. The van der Waals surface area contributed by atoms with Gasteiger partial charge in [0, 0.05) is 32.3 Å². The topological polar surface area (TPSA) is 72.6 Å². The standard InChI is InChI=1S/C14H21FN2O3S/c1-17(10-12-4-2-3-7-20-12)21(18,19)13-5-6-14(15)11(8-13)9-16/h5-6,8,12H,2-4,7,9-10,16H2,1H3. The fourth-order valence-corrected chi connectivity index (χ4v) is 3.64. The lowest BCUT2D eigenvalue weighted by atomic mass is 10.1. The summed E-state index contributed by atoms with van der Waals surface area (Å²) in [6.45, 7) is 0.939. The molecule has 0 saturated carbocycles. The molecule has 0 radical (unpaired) electrons. The predicted octanol–water partition coefficient (Wildman–Crippen LogP) is 1.47. The van der Waals surface area contributed by atoms with Crippen LogP contribution < -0.4 is 5.73 Å². The average molecular weight is 316 g/mol. The van der Waals surface area contributed by atoms with Gasteiger partial charge in [0.15, 0.2) is 0 Å². The van der Waals surface area contributed by atoms with Crippen LogP contribution in [0.1, 0.15) is 24.8 Å². The first-order valence-electron chi connectivity index (χ1n) is 7.01. The smallest absolute Gasteiger partial charge is 0.242 e. The first kappa shape index (κ1) is 16.4. The molecule has 0 amide bonds. The number of hydrogen-bond donors (Lipinski definition) is 1. The summed E-state index contributed by atoms with van der Waals surface area (Å²) in [6.07, 6.45) is 2.85. The summed E-state index contributed by atoms with van der Waals surface area (Å²) in [5, 5.41) is 0. The van der Waals surface area contributed by atoms with Gasteiger partial charge in [0.2, 0.25) is 10.0 Å². The van der Waals surface area contributed by atoms with Gasteiger partial charge in [-0.25, -0.2) is 12.8 Å². The highest BCUT2D eigenvalue weighted by molar-refractivity contribution is 7.89. The van der Waals surface area contributed by atoms with Crippen molar-refractivity contribution in [1.29, 1.82) is 0 Å². The third kappa shape index (κ3) is 3.79. The molecule has 0 aromatic heterocycles. The second kappa shape index (κ2) is 6.83. The van der Waals surface area contributed by atoms with Crippen LogP contribution in [0.25, 0.3) is 0 Å². The van der Waals surface area contributed by atoms with Gasteiger partial charge in [0.1, 0.15) is 5.82 Å². The van der Waals surface area contributed by atoms with E-state index in [0.717, 1.165) is 25.3 Å². The van der Waals surface area contributed by atoms with Crippen LogP contribution in [0.2, 0.25) is 0 Å². The normalized spacial score (nSPS) is 19.9. The fraction of sp³-hybridized carbons (Fsp3) is 0.571. The molecule has 1 fully saturated rings. The van der Waals surface area contributed by atoms with Gasteiger partial charge in [-0.15, -0.1) is 0 Å². The highest BCUT2D eigenvalue weighted by atomic mass is 32.2. The SMILES string of the molecule is CN(CC1CCCCO1)S(=O)(=O)c1ccc(F)c(CN)c1. The van der Waals surface area contributed by atoms with Crippen molar-refractivity contribution in [2.75, 3.05) is 20.2 Å². The number of ether oxygens (including phenoxy) is 1. The molecule has 1 saturated heterocycles. The molecule has 1 unspecified atom stereocenters. The van der Waals surface area contributed by atoms with E-state index in [4.69, 9.17) is 10.5 Å². The van der Waals surface area contributed by atoms with E-state index in [-0.39, 0.29) is 23.1 Å². The summed E-state index contributed by atoms with van der Waals surface area (Å²) in [6, 6.07) is 3.70. The van der Waals surface area contributed by atoms with Crippen LogP contribution >= 0.6 is 0 Å². The Bertz CT molecular complexity index is 586. The average Bonchev–Trinajstić information content (AvgIpc) is 2.48. The lowest BCUT2D eigenvalue weighted by Gasteiger charge is -2.27. The minimum atomic E-state index is -3.66. The highest BCUT2D eigenvalue weighted by Gasteiger charge is 2.25. The summed E-state index contributed by atoms with van der Waals surface area (Å²) < 4.78 is 45.2. The molecule has 21 heavy (non-hydrogen) atoms. The summed E-state index contributed by atoms with van der Waals surface area (Å²) in [5.74, 6) is -0.491. The van der Waals surface area contributed by atoms with Crippen molar-refractivity contribution in [2.24, 2.45) is 5.73 Å². The molecule has 1 aliphatic heterocycles. The maximum Gasteiger partial charge on any atom is 0.242 e. The van der Waals surface area contributed by atoms with Gasteiger partial charge in [0.05, 0.1) is 11.0 Å². The van der Waals surface area contributed by atoms with E-state index in [0.29, 0.717) is 13.2 Å². The number of sulfonamides is 1. The largest absolute Gasteiger partial charge is 0.377 e. The van der Waals surface area contributed by atoms with Gasteiger partial charge in [0.25, 0.3) is 0 Å². The maximum absolute atomic E-state index is 13.4. The quantitative estimate of drug-likeness (QED) is 0.893. The molecule has 1 aliphatic rings. The van der Waals surface area contributed by atoms with Crippen LogP contribution in [-0.4, -0.2) is 39.0 Å². The zero-order valence-electron chi connectivity index (χ0n) is 12.1. The molecule has 1 aromatic carbocycles. The van der Waals surface area contributed by atoms with Gasteiger partial charge >= 0.3 is 0 Å². The van der Waals surface area contributed by atoms with Crippen molar-refractivity contribution in [3.8, 4) is 0 Å². The molecule has 5 nitrogen and oxygen atoms in total. The van der Waals surface area contributed by atoms with Crippen LogP contribution in [0.3, 0.4) is 0 Å². The third-order valence-electron chi connectivity index (χ3n) is 3.68. The van der Waals surface area contributed by atoms with Gasteiger partial charge in [-0.1, -0.05) is 0 Å². The molecule has 7 heteroatoms. The monoisotopic (exact) mass is 316 g/mol. The molecule has 1 heterocycles. The Balaban J connectivity index is 2.16. The third-order valence-corrected chi connectivity index (χ3v) is 5.50. The van der Waals surface area contributed by atoms with E-state index < -0.39 is 15.8 Å². The molecule has 0 bridgehead atoms. The molecular formula is C14H21FN2O3S. The zero-order chi connectivity index (χ0) is 15.5. The van der Waals surface area contributed by atoms with Crippen molar-refractivity contribution in [3.05, 3.63) is 29.6 Å². The van der Waals surface area contributed by atoms with Gasteiger partial charge in [-0.2, -0.15) is 4.31 Å². The van der Waals surface area contributed by atoms with E-state index in [9.17, 15) is 12.8 Å². The molecular weight excluding hydrogens is 295 g/mol. The highest BCUT2D eigenvalue weighted by Crippen LogP contribution is 2.20. The fourth-order valence-electron chi connectivity index (χ4n) is 2.38. The lowest BCUT2D eigenvalue weighted by molar-refractivity contribution is 0.00858. The number of hydrogen-bond acceptors (Lipinski definition) is 4. The Morgan fingerprint density at radius 1 is 1.43 bits per heavy atom. The number of halogens is 1. The number of nitrogens with zero attached hydrogens (tertiary/aromatic N) is 1. The summed E-state index contributed by atoms with van der Waals surface area (Å²) in [7, 11) is -2.14. The summed E-state index contributed by atoms with van der Waals surface area (Å²) >= 11 is 0. The van der Waals surface area contributed by atoms with Gasteiger partial charge in [-0.05, 0) is 37.5 Å². The van der Waals surface area contributed by atoms with E-state index in [1.807, 2.05) is 0 Å². The molecule has 1 atom stereocenters. The van der Waals surface area contributed by atoms with Crippen LogP contribution in [0.15, 0.2) is 23.1 Å². The van der Waals surface area contributed by atoms with Crippen molar-refractivity contribution >= 4 is 10.0 Å². The predicted molar refractivity (Wildman–Crippen MR) is 77.7 cm³/mol. The van der Waals surface area contributed by atoms with Crippen LogP contribution in [0.4, 0.5) is 4.39 Å². The van der Waals surface area contributed by atoms with Crippen molar-refractivity contribution in [2.45, 2.75) is 36.8 Å². The number of benzene rings is 1. The lowest BCUT2D eigenvalue weighted by Crippen LogP contribution is -2.37. The Hall–Kier alpha value is -1.02. The first-order valence-corrected chi connectivity index (χ1v) is 8.45. The number of likely N-dealkylation sites (N-methyl/N-ethyl adjacent to an activating group) is 1. The second-order valence-corrected chi connectivity index (χ2v) is 7.28. The van der Waals surface area contributed by atoms with Crippen LogP contribution in [-0.2, 0) is 21.3 Å². The molecule has 0 aliphatic carbocycles. The molecule has 118 valence electrons. The van der Waals surface area contributed by atoms with Crippen molar-refractivity contribution < 1.29 is 17.5 Å². The minimum Gasteiger partial charge on any atom is -0.377 e. The van der Waals surface area contributed by atoms with E-state index in [2.05, 4.69) is 0 Å². The van der Waals surface area contributed by atoms with E-state index >= 15 is 0 Å². The second-order valence-electron chi connectivity index (χ2n) is 5.23. The van der Waals surface area contributed by atoms with Crippen LogP contribution in [0, 0.1) is 5.82 Å². The number of nitrogens with two attached hydrogens (primary N) is 1. The summed E-state index contributed by atoms with van der Waals surface area (Å²) in [5.41, 5.74) is 5.61. The van der Waals surface area contributed by atoms with Crippen molar-refractivity contribution in [1.82, 2.24) is 4.31 Å². The zero-order valence-corrected chi connectivity index (χ0v) is 12.9. The van der Waals surface area contributed by atoms with E-state index in [1.165, 1.54) is 23.5 Å². The number of rotatable bonds is 5. The molecule has 0 spiro atoms. The Kier molecular flexibility index (Phi) is 5.32. The van der Waals surface area contributed by atoms with E-state index in [1.54, 1.807) is 0 Å². The van der Waals surface area contributed by atoms with Crippen LogP contribution in [0.5, 0.6) is 0 Å². The summed E-state index contributed by atoms with van der Waals surface area (Å²) in [4.78, 5) is 0.0580. The Labute approximate surface area is 124 Å².